The highest BCUT2D eigenvalue weighted by Crippen LogP contribution is 2.03. The summed E-state index contributed by atoms with van der Waals surface area (Å²) in [6.07, 6.45) is 4.14. The van der Waals surface area contributed by atoms with E-state index in [4.69, 9.17) is 11.8 Å². The summed E-state index contributed by atoms with van der Waals surface area (Å²) in [7, 11) is 0. The number of alkyl halides is 1. The lowest BCUT2D eigenvalue weighted by atomic mass is 10.5. The van der Waals surface area contributed by atoms with Crippen molar-refractivity contribution in [2.75, 3.05) is 5.45 Å². The number of aromatic nitrogens is 2. The van der Waals surface area contributed by atoms with Gasteiger partial charge in [-0.3, -0.25) is 4.98 Å². The summed E-state index contributed by atoms with van der Waals surface area (Å²) < 4.78 is 0.816. The van der Waals surface area contributed by atoms with Crippen LogP contribution in [0.1, 0.15) is 10.5 Å². The van der Waals surface area contributed by atoms with Crippen molar-refractivity contribution in [2.45, 2.75) is 0 Å². The lowest BCUT2D eigenvalue weighted by Crippen LogP contribution is -2.17. The van der Waals surface area contributed by atoms with Gasteiger partial charge >= 0.3 is 5.97 Å². The number of hydroxylamine groups is 1. The number of nitrogens with zero attached hydrogens (tertiary/aromatic N) is 3. The van der Waals surface area contributed by atoms with Crippen LogP contribution in [-0.2, 0) is 4.84 Å². The lowest BCUT2D eigenvalue weighted by molar-refractivity contribution is -0.0320. The van der Waals surface area contributed by atoms with E-state index in [0.29, 0.717) is 0 Å². The fourth-order valence-electron chi connectivity index (χ4n) is 0.566. The highest BCUT2D eigenvalue weighted by atomic mass is 79.9. The minimum atomic E-state index is -0.650. The normalized spacial score (nSPS) is 10.1. The largest absolute Gasteiger partial charge is 0.378 e. The molecule has 0 saturated heterocycles. The zero-order chi connectivity index (χ0) is 9.68. The van der Waals surface area contributed by atoms with Crippen molar-refractivity contribution in [3.63, 3.8) is 0 Å². The third-order valence-corrected chi connectivity index (χ3v) is 1.98. The predicted molar refractivity (Wildman–Crippen MR) is 48.9 cm³/mol. The highest BCUT2D eigenvalue weighted by Gasteiger charge is 2.12. The molecule has 0 radical (unpaired) electrons. The maximum absolute atomic E-state index is 11.1. The topological polar surface area (TPSA) is 55.3 Å². The van der Waals surface area contributed by atoms with Gasteiger partial charge in [-0.25, -0.2) is 9.78 Å². The van der Waals surface area contributed by atoms with Crippen LogP contribution in [0.2, 0.25) is 0 Å². The second-order valence-corrected chi connectivity index (χ2v) is 2.79. The Morgan fingerprint density at radius 2 is 2.46 bits per heavy atom. The first-order valence-corrected chi connectivity index (χ1v) is 4.67. The van der Waals surface area contributed by atoms with Crippen molar-refractivity contribution < 1.29 is 9.63 Å². The molecule has 0 aromatic carbocycles. The van der Waals surface area contributed by atoms with Crippen LogP contribution >= 0.6 is 27.7 Å². The fraction of sp³-hybridized carbons (Fsp3) is 0.167. The number of halogens is 2. The Hall–Kier alpha value is -0.720. The van der Waals surface area contributed by atoms with Gasteiger partial charge in [0.2, 0.25) is 0 Å². The van der Waals surface area contributed by atoms with Crippen molar-refractivity contribution in [3.8, 4) is 0 Å². The first kappa shape index (κ1) is 10.4. The molecule has 0 bridgehead atoms. The molecule has 0 N–H and O–H groups in total. The second-order valence-electron chi connectivity index (χ2n) is 1.91. The summed E-state index contributed by atoms with van der Waals surface area (Å²) in [5, 5.41) is 0. The van der Waals surface area contributed by atoms with Crippen molar-refractivity contribution >= 4 is 33.7 Å². The van der Waals surface area contributed by atoms with Crippen LogP contribution < -0.4 is 0 Å². The molecule has 0 aliphatic carbocycles. The molecule has 70 valence electrons. The molecule has 0 aliphatic rings. The number of carbonyl (C=O) groups is 1. The smallest absolute Gasteiger partial charge is 0.346 e. The first-order chi connectivity index (χ1) is 6.24. The summed E-state index contributed by atoms with van der Waals surface area (Å²) in [6, 6.07) is 0. The summed E-state index contributed by atoms with van der Waals surface area (Å²) in [5.74, 6) is -0.650. The molecule has 7 heteroatoms. The summed E-state index contributed by atoms with van der Waals surface area (Å²) >= 11 is 8.40. The van der Waals surface area contributed by atoms with E-state index in [-0.39, 0.29) is 11.1 Å². The van der Waals surface area contributed by atoms with Gasteiger partial charge in [-0.15, -0.1) is 0 Å². The number of carbonyl (C=O) groups excluding carboxylic acids is 1. The molecule has 0 saturated carbocycles. The van der Waals surface area contributed by atoms with Gasteiger partial charge in [0.15, 0.2) is 5.69 Å². The first-order valence-electron chi connectivity index (χ1n) is 3.21. The van der Waals surface area contributed by atoms with Gasteiger partial charge in [0, 0.05) is 24.2 Å². The molecule has 1 aromatic heterocycles. The fourth-order valence-corrected chi connectivity index (χ4v) is 0.731. The molecule has 0 amide bonds. The Balaban J connectivity index is 2.59. The average Bonchev–Trinajstić information content (AvgIpc) is 2.19. The monoisotopic (exact) mass is 265 g/mol. The van der Waals surface area contributed by atoms with Crippen LogP contribution in [-0.4, -0.2) is 26.0 Å². The molecule has 0 spiro atoms. The van der Waals surface area contributed by atoms with Crippen LogP contribution in [0.5, 0.6) is 0 Å². The van der Waals surface area contributed by atoms with E-state index in [1.807, 2.05) is 0 Å². The second kappa shape index (κ2) is 5.11. The molecule has 0 aliphatic heterocycles. The van der Waals surface area contributed by atoms with Gasteiger partial charge in [0.1, 0.15) is 5.45 Å². The molecule has 5 nitrogen and oxygen atoms in total. The van der Waals surface area contributed by atoms with Crippen LogP contribution in [0.4, 0.5) is 0 Å². The third kappa shape index (κ3) is 3.25. The van der Waals surface area contributed by atoms with Gasteiger partial charge in [-0.05, 0) is 4.58 Å². The number of hydrogen-bond donors (Lipinski definition) is 0. The maximum Gasteiger partial charge on any atom is 0.378 e. The van der Waals surface area contributed by atoms with E-state index in [1.165, 1.54) is 18.6 Å². The molecule has 0 atom stereocenters. The molecule has 1 heterocycles. The van der Waals surface area contributed by atoms with E-state index in [0.717, 1.165) is 4.58 Å². The van der Waals surface area contributed by atoms with E-state index in [9.17, 15) is 4.79 Å². The third-order valence-electron chi connectivity index (χ3n) is 1.05. The Morgan fingerprint density at radius 1 is 1.69 bits per heavy atom. The summed E-state index contributed by atoms with van der Waals surface area (Å²) in [6.45, 7) is 0. The summed E-state index contributed by atoms with van der Waals surface area (Å²) in [4.78, 5) is 23.2. The standard InChI is InChI=1S/C6H5BrClN3O2/c7-4-11(8)13-6(12)5-3-9-1-2-10-5/h1-3H,4H2. The molecule has 13 heavy (non-hydrogen) atoms. The molecule has 0 unspecified atom stereocenters. The van der Waals surface area contributed by atoms with Crippen LogP contribution in [0.15, 0.2) is 18.6 Å². The Labute approximate surface area is 87.9 Å². The predicted octanol–water partition coefficient (Wildman–Crippen LogP) is 1.36. The van der Waals surface area contributed by atoms with Crippen molar-refractivity contribution in [1.82, 2.24) is 14.6 Å². The van der Waals surface area contributed by atoms with E-state index in [2.05, 4.69) is 30.7 Å². The Bertz CT molecular complexity index is 284. The van der Waals surface area contributed by atoms with Gasteiger partial charge < -0.3 is 4.84 Å². The zero-order valence-corrected chi connectivity index (χ0v) is 8.70. The minimum absolute atomic E-state index is 0.106. The van der Waals surface area contributed by atoms with Crippen LogP contribution in [0.3, 0.4) is 0 Å². The Morgan fingerprint density at radius 3 is 3.00 bits per heavy atom. The molecule has 1 rings (SSSR count). The zero-order valence-electron chi connectivity index (χ0n) is 6.35. The van der Waals surface area contributed by atoms with Crippen molar-refractivity contribution in [2.24, 2.45) is 0 Å². The van der Waals surface area contributed by atoms with Crippen molar-refractivity contribution in [1.29, 1.82) is 0 Å². The number of rotatable bonds is 3. The number of hydrogen-bond acceptors (Lipinski definition) is 5. The molecule has 1 aromatic rings. The summed E-state index contributed by atoms with van der Waals surface area (Å²) in [5.41, 5.74) is 0.315. The van der Waals surface area contributed by atoms with Gasteiger partial charge in [0.25, 0.3) is 0 Å². The van der Waals surface area contributed by atoms with E-state index >= 15 is 0 Å². The van der Waals surface area contributed by atoms with Gasteiger partial charge in [-0.1, -0.05) is 15.9 Å². The van der Waals surface area contributed by atoms with Crippen molar-refractivity contribution in [3.05, 3.63) is 24.3 Å². The average molecular weight is 266 g/mol. The Kier molecular flexibility index (Phi) is 4.07. The van der Waals surface area contributed by atoms with Gasteiger partial charge in [-0.2, -0.15) is 0 Å². The van der Waals surface area contributed by atoms with Gasteiger partial charge in [0.05, 0.1) is 6.20 Å². The molecular weight excluding hydrogens is 261 g/mol. The lowest BCUT2D eigenvalue weighted by Gasteiger charge is -2.08. The van der Waals surface area contributed by atoms with E-state index in [1.54, 1.807) is 0 Å². The quantitative estimate of drug-likeness (QED) is 0.358. The van der Waals surface area contributed by atoms with Crippen LogP contribution in [0.25, 0.3) is 0 Å². The molecular formula is C6H5BrClN3O2. The SMILES string of the molecule is O=C(ON(Cl)CBr)c1cnccn1. The highest BCUT2D eigenvalue weighted by molar-refractivity contribution is 9.09. The minimum Gasteiger partial charge on any atom is -0.346 e. The molecule has 0 fully saturated rings. The maximum atomic E-state index is 11.1. The van der Waals surface area contributed by atoms with Crippen LogP contribution in [0, 0.1) is 0 Å². The van der Waals surface area contributed by atoms with E-state index < -0.39 is 5.97 Å².